The van der Waals surface area contributed by atoms with Crippen LogP contribution in [0.2, 0.25) is 0 Å². The summed E-state index contributed by atoms with van der Waals surface area (Å²) in [6.07, 6.45) is 4.02. The zero-order chi connectivity index (χ0) is 24.9. The number of alkyl halides is 3. The highest BCUT2D eigenvalue weighted by Crippen LogP contribution is 2.41. The predicted octanol–water partition coefficient (Wildman–Crippen LogP) is 2.93. The van der Waals surface area contributed by atoms with Crippen molar-refractivity contribution < 1.29 is 18.0 Å². The first-order chi connectivity index (χ1) is 17.3. The summed E-state index contributed by atoms with van der Waals surface area (Å²) in [5, 5.41) is 9.29. The molecule has 1 saturated carbocycles. The Morgan fingerprint density at radius 2 is 1.86 bits per heavy atom. The zero-order valence-corrected chi connectivity index (χ0v) is 19.9. The molecule has 3 fully saturated rings. The first kappa shape index (κ1) is 23.3. The van der Waals surface area contributed by atoms with Crippen molar-refractivity contribution in [2.75, 3.05) is 48.3 Å². The van der Waals surface area contributed by atoms with Crippen molar-refractivity contribution in [2.24, 2.45) is 0 Å². The monoisotopic (exact) mass is 502 g/mol. The number of fused-ring (bicyclic) bond motifs is 1. The molecule has 0 radical (unpaired) electrons. The lowest BCUT2D eigenvalue weighted by Gasteiger charge is -2.31. The topological polar surface area (TPSA) is 98.3 Å². The molecule has 3 aliphatic heterocycles. The van der Waals surface area contributed by atoms with E-state index < -0.39 is 17.3 Å². The van der Waals surface area contributed by atoms with Gasteiger partial charge >= 0.3 is 6.18 Å². The number of nitrogens with zero attached hydrogens (tertiary/aromatic N) is 5. The molecule has 6 rings (SSSR count). The average molecular weight is 503 g/mol. The quantitative estimate of drug-likeness (QED) is 0.587. The Bertz CT molecular complexity index is 1160. The summed E-state index contributed by atoms with van der Waals surface area (Å²) >= 11 is 0. The summed E-state index contributed by atoms with van der Waals surface area (Å²) in [6.45, 7) is 2.93. The second-order valence-corrected chi connectivity index (χ2v) is 10.1. The third-order valence-corrected chi connectivity index (χ3v) is 7.82. The summed E-state index contributed by atoms with van der Waals surface area (Å²) in [5.41, 5.74) is -0.548. The van der Waals surface area contributed by atoms with E-state index in [1.807, 2.05) is 4.90 Å². The molecule has 192 valence electrons. The lowest BCUT2D eigenvalue weighted by Crippen LogP contribution is -2.47. The van der Waals surface area contributed by atoms with Crippen LogP contribution in [-0.2, 0) is 17.4 Å². The molecule has 5 heterocycles. The van der Waals surface area contributed by atoms with Crippen LogP contribution >= 0.6 is 0 Å². The third-order valence-electron chi connectivity index (χ3n) is 7.82. The summed E-state index contributed by atoms with van der Waals surface area (Å²) in [6, 6.07) is 1.33. The van der Waals surface area contributed by atoms with Crippen LogP contribution in [0.3, 0.4) is 0 Å². The molecule has 12 heteroatoms. The maximum Gasteiger partial charge on any atom is 0.418 e. The molecule has 2 aromatic rings. The number of halogens is 3. The van der Waals surface area contributed by atoms with Gasteiger partial charge in [-0.15, -0.1) is 0 Å². The highest BCUT2D eigenvalue weighted by Gasteiger charge is 2.52. The standard InChI is InChI=1S/C24H29F3N8O/c25-24(26,27)17-11-19(29-14-18(17)34-9-6-28-7-10-34)31-22-30-13-15-12-23(33-20(15)32-22)5-8-35(21(23)36)16-3-1-2-4-16/h11,13-14,16,28H,1-10,12H2,(H2,29,30,31,32,33). The molecule has 1 spiro atoms. The summed E-state index contributed by atoms with van der Waals surface area (Å²) in [7, 11) is 0. The molecule has 1 aliphatic carbocycles. The van der Waals surface area contributed by atoms with Gasteiger partial charge in [0.15, 0.2) is 0 Å². The highest BCUT2D eigenvalue weighted by atomic mass is 19.4. The van der Waals surface area contributed by atoms with Gasteiger partial charge in [0, 0.05) is 56.9 Å². The predicted molar refractivity (Wildman–Crippen MR) is 128 cm³/mol. The van der Waals surface area contributed by atoms with E-state index in [4.69, 9.17) is 0 Å². The zero-order valence-electron chi connectivity index (χ0n) is 19.9. The van der Waals surface area contributed by atoms with E-state index in [1.165, 1.54) is 6.20 Å². The van der Waals surface area contributed by atoms with Crippen molar-refractivity contribution in [3.8, 4) is 0 Å². The van der Waals surface area contributed by atoms with E-state index in [9.17, 15) is 18.0 Å². The molecule has 9 nitrogen and oxygen atoms in total. The smallest absolute Gasteiger partial charge is 0.367 e. The molecule has 2 saturated heterocycles. The second-order valence-electron chi connectivity index (χ2n) is 10.1. The number of nitrogens with one attached hydrogen (secondary N) is 3. The van der Waals surface area contributed by atoms with Crippen LogP contribution in [0.5, 0.6) is 0 Å². The average Bonchev–Trinajstić information content (AvgIpc) is 3.59. The normalized spacial score (nSPS) is 24.5. The Kier molecular flexibility index (Phi) is 5.66. The minimum absolute atomic E-state index is 0.0122. The van der Waals surface area contributed by atoms with Crippen LogP contribution in [0, 0.1) is 0 Å². The number of carbonyl (C=O) groups is 1. The van der Waals surface area contributed by atoms with Crippen LogP contribution < -0.4 is 20.9 Å². The second kappa shape index (κ2) is 8.75. The van der Waals surface area contributed by atoms with Crippen molar-refractivity contribution >= 4 is 29.2 Å². The Morgan fingerprint density at radius 3 is 2.61 bits per heavy atom. The number of hydrogen-bond donors (Lipinski definition) is 3. The Balaban J connectivity index is 1.21. The number of aromatic nitrogens is 3. The van der Waals surface area contributed by atoms with Crippen LogP contribution in [0.1, 0.15) is 43.2 Å². The van der Waals surface area contributed by atoms with Gasteiger partial charge in [-0.05, 0) is 25.3 Å². The molecule has 1 amide bonds. The maximum atomic E-state index is 13.9. The number of anilines is 4. The molecule has 0 aromatic carbocycles. The third kappa shape index (κ3) is 4.10. The van der Waals surface area contributed by atoms with E-state index in [0.717, 1.165) is 43.9 Å². The maximum absolute atomic E-state index is 13.9. The summed E-state index contributed by atoms with van der Waals surface area (Å²) in [4.78, 5) is 30.0. The molecule has 2 aromatic heterocycles. The van der Waals surface area contributed by atoms with Gasteiger partial charge in [-0.3, -0.25) is 4.79 Å². The fourth-order valence-electron chi connectivity index (χ4n) is 5.96. The highest BCUT2D eigenvalue weighted by molar-refractivity contribution is 5.94. The van der Waals surface area contributed by atoms with Gasteiger partial charge < -0.3 is 25.8 Å². The number of amides is 1. The van der Waals surface area contributed by atoms with Crippen molar-refractivity contribution in [3.63, 3.8) is 0 Å². The molecule has 1 atom stereocenters. The fourth-order valence-corrected chi connectivity index (χ4v) is 5.96. The number of likely N-dealkylation sites (tertiary alicyclic amines) is 1. The van der Waals surface area contributed by atoms with Gasteiger partial charge in [-0.25, -0.2) is 9.97 Å². The number of rotatable bonds is 4. The molecular formula is C24H29F3N8O. The van der Waals surface area contributed by atoms with Gasteiger partial charge in [-0.2, -0.15) is 18.2 Å². The Hall–Kier alpha value is -3.15. The van der Waals surface area contributed by atoms with Gasteiger partial charge in [-0.1, -0.05) is 12.8 Å². The first-order valence-electron chi connectivity index (χ1n) is 12.6. The number of piperazine rings is 1. The van der Waals surface area contributed by atoms with Crippen molar-refractivity contribution in [1.82, 2.24) is 25.2 Å². The fraction of sp³-hybridized carbons (Fsp3) is 0.583. The molecular weight excluding hydrogens is 473 g/mol. The van der Waals surface area contributed by atoms with E-state index in [0.29, 0.717) is 50.9 Å². The van der Waals surface area contributed by atoms with Crippen LogP contribution in [0.4, 0.5) is 36.4 Å². The van der Waals surface area contributed by atoms with E-state index in [-0.39, 0.29) is 23.4 Å². The minimum Gasteiger partial charge on any atom is -0.367 e. The lowest BCUT2D eigenvalue weighted by molar-refractivity contribution is -0.137. The van der Waals surface area contributed by atoms with E-state index >= 15 is 0 Å². The number of hydrogen-bond acceptors (Lipinski definition) is 8. The van der Waals surface area contributed by atoms with E-state index in [1.54, 1.807) is 11.1 Å². The van der Waals surface area contributed by atoms with Gasteiger partial charge in [0.1, 0.15) is 17.2 Å². The van der Waals surface area contributed by atoms with Gasteiger partial charge in [0.05, 0.1) is 17.4 Å². The van der Waals surface area contributed by atoms with E-state index in [2.05, 4.69) is 30.9 Å². The minimum atomic E-state index is -4.53. The molecule has 0 bridgehead atoms. The largest absolute Gasteiger partial charge is 0.418 e. The van der Waals surface area contributed by atoms with Crippen LogP contribution in [-0.4, -0.2) is 70.1 Å². The van der Waals surface area contributed by atoms with Crippen molar-refractivity contribution in [1.29, 1.82) is 0 Å². The van der Waals surface area contributed by atoms with Crippen LogP contribution in [0.15, 0.2) is 18.5 Å². The number of carbonyl (C=O) groups excluding carboxylic acids is 1. The summed E-state index contributed by atoms with van der Waals surface area (Å²) in [5.74, 6) is 0.801. The Morgan fingerprint density at radius 1 is 1.08 bits per heavy atom. The molecule has 36 heavy (non-hydrogen) atoms. The SMILES string of the molecule is O=C1N(C2CCCC2)CCC12Cc1cnc(Nc3cc(C(F)(F)F)c(N4CCNCC4)cn3)nc1N2. The molecule has 3 N–H and O–H groups in total. The van der Waals surface area contributed by atoms with Crippen molar-refractivity contribution in [2.45, 2.75) is 56.3 Å². The van der Waals surface area contributed by atoms with Crippen LogP contribution in [0.25, 0.3) is 0 Å². The molecule has 1 unspecified atom stereocenters. The Labute approximate surface area is 206 Å². The van der Waals surface area contributed by atoms with Gasteiger partial charge in [0.25, 0.3) is 0 Å². The molecule has 4 aliphatic rings. The number of pyridine rings is 1. The first-order valence-corrected chi connectivity index (χ1v) is 12.6. The van der Waals surface area contributed by atoms with Gasteiger partial charge in [0.2, 0.25) is 11.9 Å². The summed E-state index contributed by atoms with van der Waals surface area (Å²) < 4.78 is 41.6. The van der Waals surface area contributed by atoms with Crippen molar-refractivity contribution in [3.05, 3.63) is 29.6 Å². The lowest BCUT2D eigenvalue weighted by atomic mass is 9.94.